The molecular weight excluding hydrogens is 352 g/mol. The average molecular weight is 364 g/mol. The van der Waals surface area contributed by atoms with Gasteiger partial charge in [0.25, 0.3) is 0 Å². The molecule has 0 spiro atoms. The number of carbonyl (C=O) groups excluding carboxylic acids is 1. The number of halogens is 3. The fraction of sp³-hybridized carbons (Fsp3) is 0.286. The van der Waals surface area contributed by atoms with Crippen molar-refractivity contribution >= 4 is 52.0 Å². The number of esters is 1. The van der Waals surface area contributed by atoms with E-state index in [4.69, 9.17) is 28.1 Å². The normalized spacial score (nSPS) is 11.0. The Morgan fingerprint density at radius 3 is 2.68 bits per heavy atom. The standard InChI is InChI=1S/C14H12Cl2FNO3S/c1-3-21-14(20)11-12(19)7-5-9(17)8(15)6-10(7)18(16)13(11)22-4-2/h5-6H,3-4H2,1-2H3. The number of aromatic nitrogens is 1. The largest absolute Gasteiger partial charge is 0.462 e. The van der Waals surface area contributed by atoms with Crippen LogP contribution < -0.4 is 5.43 Å². The smallest absolute Gasteiger partial charge is 0.344 e. The molecule has 0 radical (unpaired) electrons. The molecule has 2 rings (SSSR count). The first-order valence-electron chi connectivity index (χ1n) is 6.46. The fourth-order valence-corrected chi connectivity index (χ4v) is 3.30. The van der Waals surface area contributed by atoms with Crippen LogP contribution in [-0.4, -0.2) is 22.4 Å². The summed E-state index contributed by atoms with van der Waals surface area (Å²) in [4.78, 5) is 24.6. The highest BCUT2D eigenvalue weighted by molar-refractivity contribution is 7.99. The van der Waals surface area contributed by atoms with Crippen LogP contribution in [0.3, 0.4) is 0 Å². The van der Waals surface area contributed by atoms with Crippen LogP contribution in [0.5, 0.6) is 0 Å². The summed E-state index contributed by atoms with van der Waals surface area (Å²) in [5.74, 6) is -0.956. The van der Waals surface area contributed by atoms with Gasteiger partial charge in [0.05, 0.1) is 22.5 Å². The second kappa shape index (κ2) is 6.89. The van der Waals surface area contributed by atoms with Crippen LogP contribution in [0.25, 0.3) is 10.9 Å². The molecule has 2 aromatic rings. The molecular formula is C14H12Cl2FNO3S. The molecule has 0 saturated carbocycles. The lowest BCUT2D eigenvalue weighted by Gasteiger charge is -2.14. The van der Waals surface area contributed by atoms with Crippen molar-refractivity contribution in [1.29, 1.82) is 0 Å². The minimum Gasteiger partial charge on any atom is -0.462 e. The highest BCUT2D eigenvalue weighted by Crippen LogP contribution is 2.29. The summed E-state index contributed by atoms with van der Waals surface area (Å²) in [6.45, 7) is 3.59. The molecule has 0 aliphatic rings. The number of hydrogen-bond donors (Lipinski definition) is 0. The maximum atomic E-state index is 13.6. The zero-order valence-electron chi connectivity index (χ0n) is 11.8. The molecule has 0 aliphatic carbocycles. The Morgan fingerprint density at radius 2 is 2.09 bits per heavy atom. The van der Waals surface area contributed by atoms with Gasteiger partial charge in [-0.15, -0.1) is 11.8 Å². The van der Waals surface area contributed by atoms with E-state index < -0.39 is 17.2 Å². The Bertz CT molecular complexity index is 807. The van der Waals surface area contributed by atoms with E-state index in [0.29, 0.717) is 5.75 Å². The quantitative estimate of drug-likeness (QED) is 0.606. The minimum atomic E-state index is -0.782. The lowest BCUT2D eigenvalue weighted by atomic mass is 10.1. The summed E-state index contributed by atoms with van der Waals surface area (Å²) in [5.41, 5.74) is -0.586. The zero-order valence-corrected chi connectivity index (χ0v) is 14.1. The van der Waals surface area contributed by atoms with Gasteiger partial charge in [-0.05, 0) is 24.8 Å². The van der Waals surface area contributed by atoms with E-state index in [1.807, 2.05) is 6.92 Å². The first kappa shape index (κ1) is 17.1. The lowest BCUT2D eigenvalue weighted by molar-refractivity contribution is 0.0520. The summed E-state index contributed by atoms with van der Waals surface area (Å²) in [7, 11) is 0. The molecule has 0 N–H and O–H groups in total. The second-order valence-corrected chi connectivity index (χ2v) is 6.23. The van der Waals surface area contributed by atoms with Crippen molar-refractivity contribution in [3.05, 3.63) is 38.8 Å². The van der Waals surface area contributed by atoms with Gasteiger partial charge in [-0.1, -0.05) is 18.5 Å². The first-order chi connectivity index (χ1) is 10.4. The van der Waals surface area contributed by atoms with E-state index in [1.54, 1.807) is 6.92 Å². The summed E-state index contributed by atoms with van der Waals surface area (Å²) in [5, 5.41) is 0.0702. The van der Waals surface area contributed by atoms with Crippen molar-refractivity contribution in [2.45, 2.75) is 18.9 Å². The SMILES string of the molecule is CCOC(=O)c1c(SCC)n(Cl)c2cc(Cl)c(F)cc2c1=O. The molecule has 0 amide bonds. The van der Waals surface area contributed by atoms with Gasteiger partial charge < -0.3 is 4.74 Å². The van der Waals surface area contributed by atoms with Gasteiger partial charge in [0.15, 0.2) is 0 Å². The van der Waals surface area contributed by atoms with Crippen LogP contribution in [0.1, 0.15) is 24.2 Å². The van der Waals surface area contributed by atoms with Crippen LogP contribution in [0, 0.1) is 5.82 Å². The molecule has 0 unspecified atom stereocenters. The van der Waals surface area contributed by atoms with Crippen LogP contribution in [-0.2, 0) is 4.74 Å². The maximum Gasteiger partial charge on any atom is 0.344 e. The molecule has 0 bridgehead atoms. The summed E-state index contributed by atoms with van der Waals surface area (Å²) in [6.07, 6.45) is 0. The van der Waals surface area contributed by atoms with Gasteiger partial charge in [0.2, 0.25) is 5.43 Å². The summed E-state index contributed by atoms with van der Waals surface area (Å²) < 4.78 is 19.7. The molecule has 0 fully saturated rings. The minimum absolute atomic E-state index is 0.0274. The number of nitrogens with zero attached hydrogens (tertiary/aromatic N) is 1. The van der Waals surface area contributed by atoms with Crippen molar-refractivity contribution in [3.8, 4) is 0 Å². The van der Waals surface area contributed by atoms with Crippen LogP contribution in [0.4, 0.5) is 4.39 Å². The number of fused-ring (bicyclic) bond motifs is 1. The van der Waals surface area contributed by atoms with E-state index in [9.17, 15) is 14.0 Å². The summed E-state index contributed by atoms with van der Waals surface area (Å²) >= 11 is 13.2. The first-order valence-corrected chi connectivity index (χ1v) is 8.16. The Hall–Kier alpha value is -1.24. The van der Waals surface area contributed by atoms with E-state index in [-0.39, 0.29) is 33.1 Å². The second-order valence-electron chi connectivity index (χ2n) is 4.23. The van der Waals surface area contributed by atoms with Crippen molar-refractivity contribution in [2.75, 3.05) is 12.4 Å². The number of thioether (sulfide) groups is 1. The molecule has 0 aliphatic heterocycles. The van der Waals surface area contributed by atoms with Gasteiger partial charge in [-0.2, -0.15) is 0 Å². The molecule has 1 aromatic carbocycles. The van der Waals surface area contributed by atoms with Gasteiger partial charge in [-0.25, -0.2) is 13.3 Å². The fourth-order valence-electron chi connectivity index (χ4n) is 1.97. The maximum absolute atomic E-state index is 13.6. The van der Waals surface area contributed by atoms with Crippen molar-refractivity contribution in [2.24, 2.45) is 0 Å². The number of hydrogen-bond acceptors (Lipinski definition) is 4. The molecule has 1 heterocycles. The molecule has 0 saturated heterocycles. The number of ether oxygens (including phenoxy) is 1. The predicted octanol–water partition coefficient (Wildman–Crippen LogP) is 4.08. The number of benzene rings is 1. The third-order valence-corrected chi connectivity index (χ3v) is 4.56. The van der Waals surface area contributed by atoms with Gasteiger partial charge in [0, 0.05) is 11.8 Å². The van der Waals surface area contributed by atoms with Gasteiger partial charge in [0.1, 0.15) is 16.4 Å². The Labute approximate surface area is 140 Å². The molecule has 0 atom stereocenters. The molecule has 118 valence electrons. The average Bonchev–Trinajstić information content (AvgIpc) is 2.47. The highest BCUT2D eigenvalue weighted by Gasteiger charge is 2.24. The van der Waals surface area contributed by atoms with Crippen LogP contribution in [0.15, 0.2) is 22.0 Å². The monoisotopic (exact) mass is 363 g/mol. The molecule has 4 nitrogen and oxygen atoms in total. The predicted molar refractivity (Wildman–Crippen MR) is 86.8 cm³/mol. The van der Waals surface area contributed by atoms with Crippen molar-refractivity contribution in [1.82, 2.24) is 4.09 Å². The van der Waals surface area contributed by atoms with E-state index >= 15 is 0 Å². The number of rotatable bonds is 4. The van der Waals surface area contributed by atoms with E-state index in [1.165, 1.54) is 17.8 Å². The number of carbonyl (C=O) groups is 1. The molecule has 1 aromatic heterocycles. The Kier molecular flexibility index (Phi) is 5.36. The topological polar surface area (TPSA) is 48.3 Å². The van der Waals surface area contributed by atoms with E-state index in [2.05, 4.69) is 0 Å². The summed E-state index contributed by atoms with van der Waals surface area (Å²) in [6, 6.07) is 2.23. The van der Waals surface area contributed by atoms with E-state index in [0.717, 1.165) is 10.2 Å². The third kappa shape index (κ3) is 2.95. The number of pyridine rings is 1. The molecule has 22 heavy (non-hydrogen) atoms. The van der Waals surface area contributed by atoms with Crippen molar-refractivity contribution < 1.29 is 13.9 Å². The highest BCUT2D eigenvalue weighted by atomic mass is 35.5. The van der Waals surface area contributed by atoms with Crippen molar-refractivity contribution in [3.63, 3.8) is 0 Å². The molecule has 8 heteroatoms. The Balaban J connectivity index is 2.90. The van der Waals surface area contributed by atoms with Crippen LogP contribution >= 0.6 is 35.1 Å². The van der Waals surface area contributed by atoms with Gasteiger partial charge in [-0.3, -0.25) is 4.79 Å². The lowest BCUT2D eigenvalue weighted by Crippen LogP contribution is -2.22. The Morgan fingerprint density at radius 1 is 1.41 bits per heavy atom. The zero-order chi connectivity index (χ0) is 16.4. The third-order valence-electron chi connectivity index (χ3n) is 2.87. The van der Waals surface area contributed by atoms with Gasteiger partial charge >= 0.3 is 5.97 Å². The van der Waals surface area contributed by atoms with Crippen LogP contribution in [0.2, 0.25) is 5.02 Å².